The molecule has 0 saturated heterocycles. The van der Waals surface area contributed by atoms with E-state index in [0.717, 1.165) is 5.56 Å². The number of nitrogens with two attached hydrogens (primary N) is 2. The molecule has 0 bridgehead atoms. The molecule has 0 radical (unpaired) electrons. The van der Waals surface area contributed by atoms with E-state index in [2.05, 4.69) is 0 Å². The van der Waals surface area contributed by atoms with Crippen LogP contribution in [0.25, 0.3) is 0 Å². The summed E-state index contributed by atoms with van der Waals surface area (Å²) in [5, 5.41) is 8.75. The van der Waals surface area contributed by atoms with Crippen molar-refractivity contribution in [3.05, 3.63) is 35.4 Å². The van der Waals surface area contributed by atoms with Gasteiger partial charge in [0.05, 0.1) is 12.6 Å². The van der Waals surface area contributed by atoms with E-state index in [1.165, 1.54) is 0 Å². The standard InChI is InChI=1S/C9H12N2O2/c10-8(5-12)6-1-3-7(4-2-6)9(11)13/h1-4,8,12H,5,10H2,(H2,11,13). The Bertz CT molecular complexity index is 295. The summed E-state index contributed by atoms with van der Waals surface area (Å²) in [6.07, 6.45) is 0. The van der Waals surface area contributed by atoms with Gasteiger partial charge in [-0.05, 0) is 17.7 Å². The predicted octanol–water partition coefficient (Wildman–Crippen LogP) is -0.222. The number of benzene rings is 1. The van der Waals surface area contributed by atoms with Crippen LogP contribution in [-0.2, 0) is 0 Å². The summed E-state index contributed by atoms with van der Waals surface area (Å²) < 4.78 is 0. The van der Waals surface area contributed by atoms with Crippen molar-refractivity contribution in [2.45, 2.75) is 6.04 Å². The zero-order chi connectivity index (χ0) is 9.84. The molecule has 1 atom stereocenters. The number of rotatable bonds is 3. The highest BCUT2D eigenvalue weighted by atomic mass is 16.3. The Labute approximate surface area is 76.2 Å². The van der Waals surface area contributed by atoms with E-state index >= 15 is 0 Å². The average Bonchev–Trinajstić information content (AvgIpc) is 2.17. The van der Waals surface area contributed by atoms with Gasteiger partial charge in [0.25, 0.3) is 0 Å². The fourth-order valence-electron chi connectivity index (χ4n) is 1.000. The first-order chi connectivity index (χ1) is 6.15. The van der Waals surface area contributed by atoms with E-state index in [-0.39, 0.29) is 6.61 Å². The highest BCUT2D eigenvalue weighted by molar-refractivity contribution is 5.92. The first-order valence-corrected chi connectivity index (χ1v) is 3.91. The molecule has 1 rings (SSSR count). The highest BCUT2D eigenvalue weighted by Gasteiger charge is 2.04. The Morgan fingerprint density at radius 2 is 1.92 bits per heavy atom. The van der Waals surface area contributed by atoms with Crippen LogP contribution in [0.1, 0.15) is 22.0 Å². The normalized spacial score (nSPS) is 12.5. The van der Waals surface area contributed by atoms with Crippen molar-refractivity contribution in [1.29, 1.82) is 0 Å². The van der Waals surface area contributed by atoms with E-state index < -0.39 is 11.9 Å². The SMILES string of the molecule is NC(=O)c1ccc(C(N)CO)cc1. The van der Waals surface area contributed by atoms with Gasteiger partial charge < -0.3 is 16.6 Å². The second-order valence-corrected chi connectivity index (χ2v) is 2.78. The van der Waals surface area contributed by atoms with Crippen LogP contribution < -0.4 is 11.5 Å². The number of hydrogen-bond acceptors (Lipinski definition) is 3. The summed E-state index contributed by atoms with van der Waals surface area (Å²) in [5.41, 5.74) is 11.8. The van der Waals surface area contributed by atoms with Gasteiger partial charge in [0.2, 0.25) is 5.91 Å². The van der Waals surface area contributed by atoms with Crippen LogP contribution in [0.5, 0.6) is 0 Å². The Balaban J connectivity index is 2.87. The van der Waals surface area contributed by atoms with E-state index in [1.807, 2.05) is 0 Å². The lowest BCUT2D eigenvalue weighted by atomic mass is 10.1. The van der Waals surface area contributed by atoms with Crippen molar-refractivity contribution in [3.63, 3.8) is 0 Å². The minimum Gasteiger partial charge on any atom is -0.394 e. The molecule has 1 aromatic carbocycles. The lowest BCUT2D eigenvalue weighted by Gasteiger charge is -2.07. The Kier molecular flexibility index (Phi) is 3.00. The number of aliphatic hydroxyl groups excluding tert-OH is 1. The third-order valence-electron chi connectivity index (χ3n) is 1.82. The maximum absolute atomic E-state index is 10.7. The third-order valence-corrected chi connectivity index (χ3v) is 1.82. The monoisotopic (exact) mass is 180 g/mol. The molecule has 0 fully saturated rings. The van der Waals surface area contributed by atoms with Gasteiger partial charge in [0.15, 0.2) is 0 Å². The Hall–Kier alpha value is -1.39. The van der Waals surface area contributed by atoms with E-state index in [0.29, 0.717) is 5.56 Å². The van der Waals surface area contributed by atoms with Gasteiger partial charge in [-0.25, -0.2) is 0 Å². The van der Waals surface area contributed by atoms with Crippen LogP contribution in [0.15, 0.2) is 24.3 Å². The topological polar surface area (TPSA) is 89.3 Å². The molecule has 0 aliphatic heterocycles. The lowest BCUT2D eigenvalue weighted by Crippen LogP contribution is -2.15. The van der Waals surface area contributed by atoms with Crippen molar-refractivity contribution in [1.82, 2.24) is 0 Å². The predicted molar refractivity (Wildman–Crippen MR) is 49.0 cm³/mol. The lowest BCUT2D eigenvalue weighted by molar-refractivity contribution is 0.100. The maximum atomic E-state index is 10.7. The summed E-state index contributed by atoms with van der Waals surface area (Å²) in [6, 6.07) is 6.14. The van der Waals surface area contributed by atoms with Crippen LogP contribution in [0, 0.1) is 0 Å². The van der Waals surface area contributed by atoms with E-state index in [1.54, 1.807) is 24.3 Å². The summed E-state index contributed by atoms with van der Waals surface area (Å²) >= 11 is 0. The number of amides is 1. The third kappa shape index (κ3) is 2.27. The molecule has 0 saturated carbocycles. The minimum atomic E-state index is -0.468. The number of carbonyl (C=O) groups excluding carboxylic acids is 1. The van der Waals surface area contributed by atoms with Gasteiger partial charge in [0.1, 0.15) is 0 Å². The quantitative estimate of drug-likeness (QED) is 0.600. The molecule has 70 valence electrons. The molecule has 4 heteroatoms. The van der Waals surface area contributed by atoms with Crippen LogP contribution in [-0.4, -0.2) is 17.6 Å². The molecule has 0 spiro atoms. The molecule has 1 amide bonds. The summed E-state index contributed by atoms with van der Waals surface area (Å²) in [7, 11) is 0. The Morgan fingerprint density at radius 3 is 2.31 bits per heavy atom. The second-order valence-electron chi connectivity index (χ2n) is 2.78. The molecule has 1 unspecified atom stereocenters. The van der Waals surface area contributed by atoms with Crippen LogP contribution in [0.2, 0.25) is 0 Å². The van der Waals surface area contributed by atoms with E-state index in [9.17, 15) is 4.79 Å². The molecular formula is C9H12N2O2. The van der Waals surface area contributed by atoms with Crippen molar-refractivity contribution in [3.8, 4) is 0 Å². The largest absolute Gasteiger partial charge is 0.394 e. The Morgan fingerprint density at radius 1 is 1.38 bits per heavy atom. The fourth-order valence-corrected chi connectivity index (χ4v) is 1.000. The zero-order valence-electron chi connectivity index (χ0n) is 7.10. The van der Waals surface area contributed by atoms with Gasteiger partial charge in [-0.1, -0.05) is 12.1 Å². The number of primary amides is 1. The fraction of sp³-hybridized carbons (Fsp3) is 0.222. The summed E-state index contributed by atoms with van der Waals surface area (Å²) in [5.74, 6) is -0.468. The van der Waals surface area contributed by atoms with Crippen LogP contribution in [0.4, 0.5) is 0 Å². The molecular weight excluding hydrogens is 168 g/mol. The average molecular weight is 180 g/mol. The van der Waals surface area contributed by atoms with Crippen molar-refractivity contribution < 1.29 is 9.90 Å². The maximum Gasteiger partial charge on any atom is 0.248 e. The number of hydrogen-bond donors (Lipinski definition) is 3. The molecule has 0 aromatic heterocycles. The van der Waals surface area contributed by atoms with Crippen molar-refractivity contribution in [2.24, 2.45) is 11.5 Å². The van der Waals surface area contributed by atoms with Crippen LogP contribution >= 0.6 is 0 Å². The van der Waals surface area contributed by atoms with Gasteiger partial charge in [0, 0.05) is 5.56 Å². The van der Waals surface area contributed by atoms with Crippen molar-refractivity contribution >= 4 is 5.91 Å². The second kappa shape index (κ2) is 4.02. The van der Waals surface area contributed by atoms with Gasteiger partial charge in [-0.15, -0.1) is 0 Å². The molecule has 1 aromatic rings. The molecule has 0 aliphatic rings. The summed E-state index contributed by atoms with van der Waals surface area (Å²) in [4.78, 5) is 10.7. The van der Waals surface area contributed by atoms with Gasteiger partial charge >= 0.3 is 0 Å². The summed E-state index contributed by atoms with van der Waals surface area (Å²) in [6.45, 7) is -0.115. The minimum absolute atomic E-state index is 0.115. The number of carbonyl (C=O) groups is 1. The van der Waals surface area contributed by atoms with Crippen LogP contribution in [0.3, 0.4) is 0 Å². The highest BCUT2D eigenvalue weighted by Crippen LogP contribution is 2.10. The number of aliphatic hydroxyl groups is 1. The molecule has 0 heterocycles. The molecule has 5 N–H and O–H groups in total. The van der Waals surface area contributed by atoms with Gasteiger partial charge in [-0.2, -0.15) is 0 Å². The first kappa shape index (κ1) is 9.70. The van der Waals surface area contributed by atoms with E-state index in [4.69, 9.17) is 16.6 Å². The first-order valence-electron chi connectivity index (χ1n) is 3.91. The zero-order valence-corrected chi connectivity index (χ0v) is 7.10. The molecule has 13 heavy (non-hydrogen) atoms. The van der Waals surface area contributed by atoms with Crippen molar-refractivity contribution in [2.75, 3.05) is 6.61 Å². The molecule has 0 aliphatic carbocycles. The smallest absolute Gasteiger partial charge is 0.248 e. The molecule has 4 nitrogen and oxygen atoms in total. The van der Waals surface area contributed by atoms with Gasteiger partial charge in [-0.3, -0.25) is 4.79 Å².